The molecule has 1 aliphatic heterocycles. The van der Waals surface area contributed by atoms with Gasteiger partial charge in [0.1, 0.15) is 6.04 Å². The Balaban J connectivity index is 1.99. The number of hydrogen-bond donors (Lipinski definition) is 1. The van der Waals surface area contributed by atoms with Gasteiger partial charge in [-0.1, -0.05) is 53.3 Å². The van der Waals surface area contributed by atoms with Gasteiger partial charge >= 0.3 is 5.97 Å². The first-order chi connectivity index (χ1) is 15.9. The molecule has 170 valence electrons. The van der Waals surface area contributed by atoms with Gasteiger partial charge in [0.2, 0.25) is 0 Å². The summed E-state index contributed by atoms with van der Waals surface area (Å²) in [7, 11) is 1.45. The average Bonchev–Trinajstić information content (AvgIpc) is 3.09. The normalized spacial score (nSPS) is 15.8. The Kier molecular flexibility index (Phi) is 6.40. The molecule has 2 aromatic carbocycles. The fourth-order valence-corrected chi connectivity index (χ4v) is 5.02. The molecule has 33 heavy (non-hydrogen) atoms. The molecule has 1 aliphatic rings. The molecular formula is C24H21ClN2O5S. The molecular weight excluding hydrogens is 464 g/mol. The molecule has 0 radical (unpaired) electrons. The average molecular weight is 485 g/mol. The predicted octanol–water partition coefficient (Wildman–Crippen LogP) is 3.17. The second-order valence-corrected chi connectivity index (χ2v) is 8.64. The number of fused-ring (bicyclic) bond motifs is 1. The van der Waals surface area contributed by atoms with Gasteiger partial charge < -0.3 is 14.6 Å². The predicted molar refractivity (Wildman–Crippen MR) is 127 cm³/mol. The third kappa shape index (κ3) is 4.07. The number of thiazole rings is 1. The van der Waals surface area contributed by atoms with Crippen LogP contribution in [0.1, 0.15) is 31.0 Å². The molecule has 1 atom stereocenters. The number of carbonyl (C=O) groups excluding carboxylic acids is 1. The summed E-state index contributed by atoms with van der Waals surface area (Å²) in [6, 6.07) is 11.3. The minimum Gasteiger partial charge on any atom is -0.504 e. The van der Waals surface area contributed by atoms with Gasteiger partial charge in [-0.2, -0.15) is 0 Å². The van der Waals surface area contributed by atoms with Crippen LogP contribution < -0.4 is 19.6 Å². The molecule has 1 N–H and O–H groups in total. The number of ether oxygens (including phenoxy) is 2. The fourth-order valence-electron chi connectivity index (χ4n) is 3.74. The summed E-state index contributed by atoms with van der Waals surface area (Å²) in [5.74, 6) is -0.328. The largest absolute Gasteiger partial charge is 0.504 e. The summed E-state index contributed by atoms with van der Waals surface area (Å²) in [5.41, 5.74) is 1.37. The number of aromatic nitrogens is 1. The number of benzene rings is 2. The van der Waals surface area contributed by atoms with Crippen molar-refractivity contribution in [1.82, 2.24) is 4.57 Å². The molecule has 0 bridgehead atoms. The second-order valence-electron chi connectivity index (χ2n) is 7.22. The van der Waals surface area contributed by atoms with Gasteiger partial charge in [-0.15, -0.1) is 0 Å². The lowest BCUT2D eigenvalue weighted by Crippen LogP contribution is -2.40. The van der Waals surface area contributed by atoms with Gasteiger partial charge in [-0.05, 0) is 37.6 Å². The highest BCUT2D eigenvalue weighted by Gasteiger charge is 2.34. The molecule has 0 amide bonds. The van der Waals surface area contributed by atoms with Gasteiger partial charge in [-0.25, -0.2) is 9.79 Å². The molecule has 7 nitrogen and oxygen atoms in total. The maximum atomic E-state index is 13.6. The minimum absolute atomic E-state index is 0.0723. The van der Waals surface area contributed by atoms with Crippen molar-refractivity contribution in [2.45, 2.75) is 19.9 Å². The van der Waals surface area contributed by atoms with Crippen LogP contribution in [-0.2, 0) is 9.53 Å². The first-order valence-electron chi connectivity index (χ1n) is 10.2. The molecule has 3 aromatic rings. The Morgan fingerprint density at radius 2 is 2.03 bits per heavy atom. The number of phenols is 1. The highest BCUT2D eigenvalue weighted by atomic mass is 35.5. The van der Waals surface area contributed by atoms with Crippen LogP contribution in [0, 0.1) is 0 Å². The van der Waals surface area contributed by atoms with E-state index >= 15 is 0 Å². The van der Waals surface area contributed by atoms with Crippen molar-refractivity contribution in [2.24, 2.45) is 4.99 Å². The van der Waals surface area contributed by atoms with E-state index < -0.39 is 12.0 Å². The van der Waals surface area contributed by atoms with Crippen LogP contribution in [0.15, 0.2) is 63.5 Å². The third-order valence-corrected chi connectivity index (χ3v) is 6.58. The molecule has 0 aliphatic carbocycles. The molecule has 0 saturated carbocycles. The maximum absolute atomic E-state index is 13.6. The maximum Gasteiger partial charge on any atom is 0.338 e. The number of phenolic OH excluding ortho intramolecular Hbond substituents is 1. The van der Waals surface area contributed by atoms with Crippen molar-refractivity contribution < 1.29 is 19.4 Å². The van der Waals surface area contributed by atoms with Gasteiger partial charge in [0.25, 0.3) is 5.56 Å². The monoisotopic (exact) mass is 484 g/mol. The molecule has 0 spiro atoms. The molecule has 9 heteroatoms. The number of nitrogens with zero attached hydrogens (tertiary/aromatic N) is 2. The quantitative estimate of drug-likeness (QED) is 0.562. The zero-order valence-electron chi connectivity index (χ0n) is 18.2. The molecule has 0 fully saturated rings. The zero-order valence-corrected chi connectivity index (χ0v) is 19.7. The van der Waals surface area contributed by atoms with E-state index in [9.17, 15) is 14.7 Å². The minimum atomic E-state index is -0.796. The van der Waals surface area contributed by atoms with E-state index in [1.54, 1.807) is 62.4 Å². The van der Waals surface area contributed by atoms with Crippen LogP contribution in [-0.4, -0.2) is 29.4 Å². The Bertz CT molecular complexity index is 1450. The summed E-state index contributed by atoms with van der Waals surface area (Å²) in [6.45, 7) is 3.61. The Labute approximate surface area is 198 Å². The lowest BCUT2D eigenvalue weighted by atomic mass is 9.96. The number of esters is 1. The number of carbonyl (C=O) groups is 1. The fraction of sp³-hybridized carbons (Fsp3) is 0.208. The van der Waals surface area contributed by atoms with Crippen molar-refractivity contribution in [2.75, 3.05) is 13.7 Å². The second kappa shape index (κ2) is 9.25. The topological polar surface area (TPSA) is 90.1 Å². The van der Waals surface area contributed by atoms with Crippen molar-refractivity contribution in [1.29, 1.82) is 0 Å². The van der Waals surface area contributed by atoms with E-state index in [4.69, 9.17) is 21.1 Å². The number of aromatic hydroxyl groups is 1. The van der Waals surface area contributed by atoms with Gasteiger partial charge in [0.15, 0.2) is 16.3 Å². The molecule has 1 aromatic heterocycles. The van der Waals surface area contributed by atoms with E-state index in [0.29, 0.717) is 36.9 Å². The highest BCUT2D eigenvalue weighted by Crippen LogP contribution is 2.34. The lowest BCUT2D eigenvalue weighted by molar-refractivity contribution is -0.139. The summed E-state index contributed by atoms with van der Waals surface area (Å²) >= 11 is 7.65. The molecule has 0 saturated heterocycles. The molecule has 2 heterocycles. The standard InChI is InChI=1S/C24H21ClN2O5S/c1-4-32-23(30)19-13(2)26-24-27(20(19)15-9-5-6-10-16(15)25)22(29)18(33-24)12-14-8-7-11-17(31-3)21(14)28/h5-12,20,28H,4H2,1-3H3/b18-12-/t20-/m1/s1. The smallest absolute Gasteiger partial charge is 0.338 e. The summed E-state index contributed by atoms with van der Waals surface area (Å²) in [5, 5.41) is 10.9. The van der Waals surface area contributed by atoms with Crippen LogP contribution in [0.5, 0.6) is 11.5 Å². The Morgan fingerprint density at radius 3 is 2.73 bits per heavy atom. The van der Waals surface area contributed by atoms with Crippen LogP contribution in [0.2, 0.25) is 5.02 Å². The number of allylic oxidation sites excluding steroid dienone is 1. The Hall–Kier alpha value is -3.36. The highest BCUT2D eigenvalue weighted by molar-refractivity contribution is 7.07. The summed E-state index contributed by atoms with van der Waals surface area (Å²) in [6.07, 6.45) is 1.58. The van der Waals surface area contributed by atoms with Crippen LogP contribution >= 0.6 is 22.9 Å². The van der Waals surface area contributed by atoms with Crippen molar-refractivity contribution in [3.8, 4) is 11.5 Å². The number of halogens is 1. The van der Waals surface area contributed by atoms with Gasteiger partial charge in [0.05, 0.1) is 29.5 Å². The van der Waals surface area contributed by atoms with E-state index in [1.165, 1.54) is 11.7 Å². The zero-order chi connectivity index (χ0) is 23.7. The van der Waals surface area contributed by atoms with Crippen molar-refractivity contribution >= 4 is 35.0 Å². The SMILES string of the molecule is CCOC(=O)C1=C(C)N=c2s/c(=C\c3cccc(OC)c3O)c(=O)n2[C@@H]1c1ccccc1Cl. The van der Waals surface area contributed by atoms with Gasteiger partial charge in [-0.3, -0.25) is 9.36 Å². The first kappa shape index (κ1) is 22.8. The number of rotatable bonds is 5. The van der Waals surface area contributed by atoms with Crippen molar-refractivity contribution in [3.05, 3.63) is 89.6 Å². The first-order valence-corrected chi connectivity index (χ1v) is 11.4. The number of para-hydroxylation sites is 1. The van der Waals surface area contributed by atoms with Crippen LogP contribution in [0.3, 0.4) is 0 Å². The van der Waals surface area contributed by atoms with Crippen LogP contribution in [0.4, 0.5) is 0 Å². The van der Waals surface area contributed by atoms with Gasteiger partial charge in [0, 0.05) is 10.6 Å². The molecule has 0 unspecified atom stereocenters. The lowest BCUT2D eigenvalue weighted by Gasteiger charge is -2.25. The number of hydrogen-bond acceptors (Lipinski definition) is 7. The van der Waals surface area contributed by atoms with Crippen LogP contribution in [0.25, 0.3) is 6.08 Å². The third-order valence-electron chi connectivity index (χ3n) is 5.25. The number of methoxy groups -OCH3 is 1. The van der Waals surface area contributed by atoms with E-state index in [0.717, 1.165) is 11.3 Å². The van der Waals surface area contributed by atoms with E-state index in [-0.39, 0.29) is 23.5 Å². The Morgan fingerprint density at radius 1 is 1.27 bits per heavy atom. The summed E-state index contributed by atoms with van der Waals surface area (Å²) < 4.78 is 12.2. The van der Waals surface area contributed by atoms with E-state index in [1.807, 2.05) is 0 Å². The van der Waals surface area contributed by atoms with Crippen molar-refractivity contribution in [3.63, 3.8) is 0 Å². The van der Waals surface area contributed by atoms with E-state index in [2.05, 4.69) is 4.99 Å². The summed E-state index contributed by atoms with van der Waals surface area (Å²) in [4.78, 5) is 31.4. The molecule has 4 rings (SSSR count).